The summed E-state index contributed by atoms with van der Waals surface area (Å²) in [7, 11) is 0. The lowest BCUT2D eigenvalue weighted by atomic mass is 10.0. The Bertz CT molecular complexity index is 1200. The number of H-pyrrole nitrogens is 1. The normalized spacial score (nSPS) is 11.7. The molecule has 0 saturated heterocycles. The minimum absolute atomic E-state index is 0.175. The summed E-state index contributed by atoms with van der Waals surface area (Å²) in [5, 5.41) is 0.824. The van der Waals surface area contributed by atoms with Crippen molar-refractivity contribution >= 4 is 28.9 Å². The number of imide groups is 1. The number of nitrogens with zero attached hydrogens (tertiary/aromatic N) is 4. The van der Waals surface area contributed by atoms with Crippen molar-refractivity contribution in [2.75, 3.05) is 0 Å². The Labute approximate surface area is 192 Å². The molecule has 0 aliphatic heterocycles. The number of aromatic nitrogens is 3. The van der Waals surface area contributed by atoms with Crippen LogP contribution in [-0.2, 0) is 16.0 Å². The number of benzene rings is 1. The van der Waals surface area contributed by atoms with Crippen molar-refractivity contribution in [2.45, 2.75) is 59.3 Å². The van der Waals surface area contributed by atoms with E-state index in [1.165, 1.54) is 6.33 Å². The maximum absolute atomic E-state index is 12.8. The second-order valence-corrected chi connectivity index (χ2v) is 9.46. The number of nitrogens with one attached hydrogen (secondary N) is 1. The number of aromatic amines is 1. The van der Waals surface area contributed by atoms with Crippen LogP contribution in [0.4, 0.5) is 15.3 Å². The van der Waals surface area contributed by atoms with Gasteiger partial charge in [0, 0.05) is 11.6 Å². The van der Waals surface area contributed by atoms with Crippen LogP contribution < -0.4 is 0 Å². The minimum Gasteiger partial charge on any atom is -0.443 e. The largest absolute Gasteiger partial charge is 0.443 e. The van der Waals surface area contributed by atoms with Gasteiger partial charge in [0.05, 0.1) is 18.8 Å². The Morgan fingerprint density at radius 3 is 2.24 bits per heavy atom. The van der Waals surface area contributed by atoms with Gasteiger partial charge >= 0.3 is 12.2 Å². The third kappa shape index (κ3) is 5.86. The molecule has 9 nitrogen and oxygen atoms in total. The highest BCUT2D eigenvalue weighted by Gasteiger charge is 2.31. The van der Waals surface area contributed by atoms with Crippen LogP contribution in [0.5, 0.6) is 0 Å². The molecule has 172 valence electrons. The molecule has 0 aliphatic carbocycles. The Balaban J connectivity index is 1.97. The highest BCUT2D eigenvalue weighted by Crippen LogP contribution is 2.31. The van der Waals surface area contributed by atoms with E-state index in [9.17, 15) is 9.59 Å². The number of fused-ring (bicyclic) bond motifs is 1. The van der Waals surface area contributed by atoms with Gasteiger partial charge in [-0.3, -0.25) is 0 Å². The molecule has 0 radical (unpaired) electrons. The van der Waals surface area contributed by atoms with Crippen molar-refractivity contribution in [3.05, 3.63) is 53.8 Å². The first-order chi connectivity index (χ1) is 15.4. The molecule has 0 fully saturated rings. The predicted octanol–water partition coefficient (Wildman–Crippen LogP) is 5.85. The maximum Gasteiger partial charge on any atom is 0.420 e. The van der Waals surface area contributed by atoms with E-state index >= 15 is 0 Å². The number of carbonyl (C=O) groups is 2. The van der Waals surface area contributed by atoms with Crippen LogP contribution in [0.3, 0.4) is 0 Å². The first-order valence-electron chi connectivity index (χ1n) is 10.4. The van der Waals surface area contributed by atoms with Crippen LogP contribution in [-0.4, -0.2) is 43.2 Å². The second-order valence-electron chi connectivity index (χ2n) is 9.46. The smallest absolute Gasteiger partial charge is 0.420 e. The number of ether oxygens (including phenoxy) is 2. The number of hydrogen-bond acceptors (Lipinski definition) is 6. The summed E-state index contributed by atoms with van der Waals surface area (Å²) in [6.07, 6.45) is 1.53. The van der Waals surface area contributed by atoms with Gasteiger partial charge in [-0.1, -0.05) is 12.1 Å². The first-order valence-corrected chi connectivity index (χ1v) is 10.4. The van der Waals surface area contributed by atoms with E-state index < -0.39 is 23.4 Å². The zero-order chi connectivity index (χ0) is 24.4. The molecule has 33 heavy (non-hydrogen) atoms. The van der Waals surface area contributed by atoms with E-state index in [0.29, 0.717) is 16.9 Å². The number of rotatable bonds is 3. The van der Waals surface area contributed by atoms with E-state index in [1.54, 1.807) is 65.9 Å². The van der Waals surface area contributed by atoms with Crippen LogP contribution in [0.2, 0.25) is 0 Å². The summed E-state index contributed by atoms with van der Waals surface area (Å²) < 4.78 is 10.8. The van der Waals surface area contributed by atoms with Crippen LogP contribution in [0.25, 0.3) is 27.1 Å². The lowest BCUT2D eigenvalue weighted by molar-refractivity contribution is -0.000196. The highest BCUT2D eigenvalue weighted by atomic mass is 16.6. The van der Waals surface area contributed by atoms with Crippen molar-refractivity contribution in [1.29, 1.82) is 0 Å². The SMILES string of the molecule is [C-]#[N+]c1cc(-c2ncnc3[nH]ccc23)ccc1CN(C(=O)OC(C)(C)C)C(=O)OC(C)(C)C. The summed E-state index contributed by atoms with van der Waals surface area (Å²) in [6.45, 7) is 17.7. The third-order valence-electron chi connectivity index (χ3n) is 4.39. The third-order valence-corrected chi connectivity index (χ3v) is 4.39. The highest BCUT2D eigenvalue weighted by molar-refractivity contribution is 5.91. The fourth-order valence-corrected chi connectivity index (χ4v) is 3.06. The molecule has 9 heteroatoms. The summed E-state index contributed by atoms with van der Waals surface area (Å²) in [6, 6.07) is 7.04. The zero-order valence-electron chi connectivity index (χ0n) is 19.6. The molecule has 1 aromatic carbocycles. The van der Waals surface area contributed by atoms with Crippen molar-refractivity contribution in [2.24, 2.45) is 0 Å². The molecular weight excluding hydrogens is 422 g/mol. The van der Waals surface area contributed by atoms with Gasteiger partial charge in [-0.2, -0.15) is 0 Å². The summed E-state index contributed by atoms with van der Waals surface area (Å²) >= 11 is 0. The van der Waals surface area contributed by atoms with Gasteiger partial charge in [0.2, 0.25) is 0 Å². The van der Waals surface area contributed by atoms with Crippen LogP contribution >= 0.6 is 0 Å². The fourth-order valence-electron chi connectivity index (χ4n) is 3.06. The van der Waals surface area contributed by atoms with Gasteiger partial charge in [-0.15, -0.1) is 0 Å². The van der Waals surface area contributed by atoms with Crippen molar-refractivity contribution < 1.29 is 19.1 Å². The standard InChI is InChI=1S/C24H27N5O4/c1-23(2,3)32-21(30)29(22(31)33-24(4,5)6)13-16-9-8-15(12-18(16)25-7)19-17-10-11-26-20(17)28-14-27-19/h8-12,14H,13H2,1-6H3,(H,26,27,28). The molecule has 0 saturated carbocycles. The summed E-state index contributed by atoms with van der Waals surface area (Å²) in [5.74, 6) is 0. The lowest BCUT2D eigenvalue weighted by Gasteiger charge is -2.29. The van der Waals surface area contributed by atoms with Crippen LogP contribution in [0.1, 0.15) is 47.1 Å². The van der Waals surface area contributed by atoms with Crippen molar-refractivity contribution in [1.82, 2.24) is 19.9 Å². The summed E-state index contributed by atoms with van der Waals surface area (Å²) in [4.78, 5) is 41.7. The molecule has 3 aromatic rings. The van der Waals surface area contributed by atoms with E-state index in [-0.39, 0.29) is 12.2 Å². The second kappa shape index (κ2) is 8.90. The molecule has 0 atom stereocenters. The molecule has 0 aliphatic rings. The Morgan fingerprint density at radius 1 is 1.03 bits per heavy atom. The zero-order valence-corrected chi connectivity index (χ0v) is 19.6. The molecule has 1 N–H and O–H groups in total. The van der Waals surface area contributed by atoms with Gasteiger partial charge in [0.25, 0.3) is 0 Å². The minimum atomic E-state index is -0.846. The van der Waals surface area contributed by atoms with Crippen molar-refractivity contribution in [3.8, 4) is 11.3 Å². The number of hydrogen-bond donors (Lipinski definition) is 1. The molecule has 2 heterocycles. The van der Waals surface area contributed by atoms with E-state index in [2.05, 4.69) is 19.8 Å². The monoisotopic (exact) mass is 449 g/mol. The molecular formula is C24H27N5O4. The lowest BCUT2D eigenvalue weighted by Crippen LogP contribution is -2.43. The number of amides is 2. The Kier molecular flexibility index (Phi) is 6.40. The van der Waals surface area contributed by atoms with Gasteiger partial charge < -0.3 is 14.5 Å². The van der Waals surface area contributed by atoms with E-state index in [1.807, 2.05) is 6.07 Å². The Morgan fingerprint density at radius 2 is 1.67 bits per heavy atom. The topological polar surface area (TPSA) is 102 Å². The molecule has 3 rings (SSSR count). The van der Waals surface area contributed by atoms with Gasteiger partial charge in [0.15, 0.2) is 5.69 Å². The van der Waals surface area contributed by atoms with E-state index in [4.69, 9.17) is 16.0 Å². The average molecular weight is 450 g/mol. The molecule has 0 spiro atoms. The maximum atomic E-state index is 12.8. The van der Waals surface area contributed by atoms with Gasteiger partial charge in [0.1, 0.15) is 23.2 Å². The van der Waals surface area contributed by atoms with Crippen LogP contribution in [0.15, 0.2) is 36.8 Å². The number of carbonyl (C=O) groups excluding carboxylic acids is 2. The predicted molar refractivity (Wildman–Crippen MR) is 124 cm³/mol. The average Bonchev–Trinajstić information content (AvgIpc) is 3.18. The summed E-state index contributed by atoms with van der Waals surface area (Å²) in [5.41, 5.74) is 1.23. The van der Waals surface area contributed by atoms with Gasteiger partial charge in [-0.25, -0.2) is 29.3 Å². The first kappa shape index (κ1) is 23.7. The van der Waals surface area contributed by atoms with Crippen LogP contribution in [0, 0.1) is 6.57 Å². The quantitative estimate of drug-likeness (QED) is 0.504. The van der Waals surface area contributed by atoms with Crippen molar-refractivity contribution in [3.63, 3.8) is 0 Å². The van der Waals surface area contributed by atoms with Gasteiger partial charge in [-0.05, 0) is 64.8 Å². The van der Waals surface area contributed by atoms with E-state index in [0.717, 1.165) is 15.8 Å². The fraction of sp³-hybridized carbons (Fsp3) is 0.375. The Hall–Kier alpha value is -3.93. The molecule has 2 amide bonds. The molecule has 2 aromatic heterocycles. The molecule has 0 bridgehead atoms. The molecule has 0 unspecified atom stereocenters.